The number of amides is 2. The maximum atomic E-state index is 13.2. The van der Waals surface area contributed by atoms with E-state index in [1.807, 2.05) is 35.2 Å². The minimum absolute atomic E-state index is 0.0943. The van der Waals surface area contributed by atoms with Gasteiger partial charge < -0.3 is 15.5 Å². The molecule has 0 aromatic heterocycles. The summed E-state index contributed by atoms with van der Waals surface area (Å²) in [6.45, 7) is 3.06. The summed E-state index contributed by atoms with van der Waals surface area (Å²) in [5.74, 6) is 0.00596. The van der Waals surface area contributed by atoms with Crippen molar-refractivity contribution in [2.45, 2.75) is 37.8 Å². The van der Waals surface area contributed by atoms with E-state index in [4.69, 9.17) is 5.21 Å². The zero-order valence-corrected chi connectivity index (χ0v) is 18.1. The van der Waals surface area contributed by atoms with Gasteiger partial charge in [-0.3, -0.25) is 14.8 Å². The van der Waals surface area contributed by atoms with Gasteiger partial charge in [-0.15, -0.1) is 0 Å². The van der Waals surface area contributed by atoms with E-state index < -0.39 is 5.91 Å². The Morgan fingerprint density at radius 3 is 2.72 bits per heavy atom. The Kier molecular flexibility index (Phi) is 7.19. The molecule has 32 heavy (non-hydrogen) atoms. The Bertz CT molecular complexity index is 967. The van der Waals surface area contributed by atoms with Crippen molar-refractivity contribution in [3.8, 4) is 0 Å². The van der Waals surface area contributed by atoms with Crippen LogP contribution in [-0.4, -0.2) is 47.6 Å². The zero-order valence-electron chi connectivity index (χ0n) is 18.1. The van der Waals surface area contributed by atoms with Gasteiger partial charge in [-0.05, 0) is 54.6 Å². The largest absolute Gasteiger partial charge is 0.384 e. The highest BCUT2D eigenvalue weighted by atomic mass is 16.5. The SMILES string of the molecule is O=C(/C=C/c1ccc(CN(CCC2CNc3ccccc32)C(=O)C2CCCN2)cc1)NO. The number of hydrogen-bond donors (Lipinski definition) is 4. The summed E-state index contributed by atoms with van der Waals surface area (Å²) in [4.78, 5) is 26.4. The molecular weight excluding hydrogens is 404 g/mol. The third-order valence-corrected chi connectivity index (χ3v) is 6.25. The summed E-state index contributed by atoms with van der Waals surface area (Å²) in [5.41, 5.74) is 6.01. The molecule has 168 valence electrons. The van der Waals surface area contributed by atoms with Gasteiger partial charge in [0.15, 0.2) is 0 Å². The summed E-state index contributed by atoms with van der Waals surface area (Å²) in [6, 6.07) is 16.1. The monoisotopic (exact) mass is 434 g/mol. The second-order valence-electron chi connectivity index (χ2n) is 8.41. The summed E-state index contributed by atoms with van der Waals surface area (Å²) >= 11 is 0. The Labute approximate surface area is 188 Å². The van der Waals surface area contributed by atoms with Crippen molar-refractivity contribution in [3.05, 3.63) is 71.3 Å². The van der Waals surface area contributed by atoms with E-state index in [0.29, 0.717) is 19.0 Å². The van der Waals surface area contributed by atoms with Crippen molar-refractivity contribution in [2.24, 2.45) is 0 Å². The Morgan fingerprint density at radius 2 is 1.97 bits per heavy atom. The van der Waals surface area contributed by atoms with Crippen LogP contribution in [0.2, 0.25) is 0 Å². The summed E-state index contributed by atoms with van der Waals surface area (Å²) in [5, 5.41) is 15.4. The van der Waals surface area contributed by atoms with E-state index in [9.17, 15) is 9.59 Å². The van der Waals surface area contributed by atoms with Crippen molar-refractivity contribution >= 4 is 23.6 Å². The van der Waals surface area contributed by atoms with Gasteiger partial charge in [0.1, 0.15) is 0 Å². The maximum absolute atomic E-state index is 13.2. The first-order valence-electron chi connectivity index (χ1n) is 11.2. The van der Waals surface area contributed by atoms with Crippen molar-refractivity contribution in [3.63, 3.8) is 0 Å². The quantitative estimate of drug-likeness (QED) is 0.291. The normalized spacial score (nSPS) is 19.5. The fraction of sp³-hybridized carbons (Fsp3) is 0.360. The smallest absolute Gasteiger partial charge is 0.267 e. The fourth-order valence-electron chi connectivity index (χ4n) is 4.47. The average Bonchev–Trinajstić information content (AvgIpc) is 3.51. The van der Waals surface area contributed by atoms with Gasteiger partial charge in [0, 0.05) is 37.3 Å². The van der Waals surface area contributed by atoms with Crippen molar-refractivity contribution in [1.82, 2.24) is 15.7 Å². The molecule has 0 bridgehead atoms. The highest BCUT2D eigenvalue weighted by molar-refractivity contribution is 5.90. The molecule has 1 saturated heterocycles. The topological polar surface area (TPSA) is 93.7 Å². The standard InChI is InChI=1S/C25H30N4O3/c30-24(28-32)12-11-18-7-9-19(10-8-18)17-29(25(31)23-6-3-14-26-23)15-13-20-16-27-22-5-2-1-4-21(20)22/h1-2,4-5,7-12,20,23,26-27,32H,3,6,13-17H2,(H,28,30)/b12-11+. The summed E-state index contributed by atoms with van der Waals surface area (Å²) < 4.78 is 0. The van der Waals surface area contributed by atoms with E-state index in [1.165, 1.54) is 17.3 Å². The lowest BCUT2D eigenvalue weighted by Crippen LogP contribution is -2.44. The van der Waals surface area contributed by atoms with Gasteiger partial charge in [-0.2, -0.15) is 0 Å². The summed E-state index contributed by atoms with van der Waals surface area (Å²) in [6.07, 6.45) is 5.74. The number of nitrogens with zero attached hydrogens (tertiary/aromatic N) is 1. The van der Waals surface area contributed by atoms with Crippen molar-refractivity contribution in [1.29, 1.82) is 0 Å². The fourth-order valence-corrected chi connectivity index (χ4v) is 4.47. The van der Waals surface area contributed by atoms with Gasteiger partial charge in [0.05, 0.1) is 6.04 Å². The number of para-hydroxylation sites is 1. The van der Waals surface area contributed by atoms with Gasteiger partial charge >= 0.3 is 0 Å². The molecular formula is C25H30N4O3. The highest BCUT2D eigenvalue weighted by Gasteiger charge is 2.28. The number of carbonyl (C=O) groups excluding carboxylic acids is 2. The Morgan fingerprint density at radius 1 is 1.16 bits per heavy atom. The zero-order chi connectivity index (χ0) is 22.3. The van der Waals surface area contributed by atoms with Crippen LogP contribution in [0.5, 0.6) is 0 Å². The van der Waals surface area contributed by atoms with Gasteiger partial charge in [0.25, 0.3) is 5.91 Å². The van der Waals surface area contributed by atoms with Crippen molar-refractivity contribution < 1.29 is 14.8 Å². The lowest BCUT2D eigenvalue weighted by molar-refractivity contribution is -0.133. The van der Waals surface area contributed by atoms with Crippen LogP contribution in [0, 0.1) is 0 Å². The maximum Gasteiger partial charge on any atom is 0.267 e. The molecule has 4 rings (SSSR count). The predicted octanol–water partition coefficient (Wildman–Crippen LogP) is 2.89. The van der Waals surface area contributed by atoms with Crippen molar-refractivity contribution in [2.75, 3.05) is 25.0 Å². The molecule has 7 nitrogen and oxygen atoms in total. The highest BCUT2D eigenvalue weighted by Crippen LogP contribution is 2.33. The van der Waals surface area contributed by atoms with E-state index >= 15 is 0 Å². The number of hydrogen-bond acceptors (Lipinski definition) is 5. The first-order chi connectivity index (χ1) is 15.6. The Hall–Kier alpha value is -3.16. The molecule has 2 heterocycles. The van der Waals surface area contributed by atoms with Gasteiger partial charge in [0.2, 0.25) is 5.91 Å². The van der Waals surface area contributed by atoms with Crippen LogP contribution in [0.4, 0.5) is 5.69 Å². The first kappa shape index (κ1) is 22.0. The second-order valence-corrected chi connectivity index (χ2v) is 8.41. The third-order valence-electron chi connectivity index (χ3n) is 6.25. The average molecular weight is 435 g/mol. The Balaban J connectivity index is 1.43. The molecule has 2 amide bonds. The van der Waals surface area contributed by atoms with Crippen LogP contribution in [0.3, 0.4) is 0 Å². The van der Waals surface area contributed by atoms with Crippen LogP contribution in [0.15, 0.2) is 54.6 Å². The number of fused-ring (bicyclic) bond motifs is 1. The molecule has 7 heteroatoms. The van der Waals surface area contributed by atoms with Crippen LogP contribution in [-0.2, 0) is 16.1 Å². The van der Waals surface area contributed by atoms with E-state index in [1.54, 1.807) is 11.6 Å². The number of benzene rings is 2. The van der Waals surface area contributed by atoms with Crippen LogP contribution in [0.1, 0.15) is 41.9 Å². The van der Waals surface area contributed by atoms with Crippen LogP contribution >= 0.6 is 0 Å². The number of anilines is 1. The molecule has 0 spiro atoms. The molecule has 2 aliphatic heterocycles. The molecule has 1 fully saturated rings. The second kappa shape index (κ2) is 10.4. The van der Waals surface area contributed by atoms with Crippen LogP contribution < -0.4 is 16.1 Å². The number of nitrogens with one attached hydrogen (secondary N) is 3. The van der Waals surface area contributed by atoms with E-state index in [-0.39, 0.29) is 11.9 Å². The minimum atomic E-state index is -0.571. The lowest BCUT2D eigenvalue weighted by atomic mass is 9.97. The molecule has 2 unspecified atom stereocenters. The number of hydroxylamine groups is 1. The molecule has 0 radical (unpaired) electrons. The van der Waals surface area contributed by atoms with Gasteiger partial charge in [-0.25, -0.2) is 5.48 Å². The molecule has 2 aromatic carbocycles. The number of carbonyl (C=O) groups is 2. The molecule has 0 aliphatic carbocycles. The van der Waals surface area contributed by atoms with E-state index in [0.717, 1.165) is 43.5 Å². The minimum Gasteiger partial charge on any atom is -0.384 e. The number of rotatable bonds is 8. The molecule has 2 aromatic rings. The molecule has 2 atom stereocenters. The van der Waals surface area contributed by atoms with Crippen LogP contribution in [0.25, 0.3) is 6.08 Å². The van der Waals surface area contributed by atoms with Gasteiger partial charge in [-0.1, -0.05) is 42.5 Å². The molecule has 2 aliphatic rings. The first-order valence-corrected chi connectivity index (χ1v) is 11.2. The molecule has 0 saturated carbocycles. The lowest BCUT2D eigenvalue weighted by Gasteiger charge is -2.27. The summed E-state index contributed by atoms with van der Waals surface area (Å²) in [7, 11) is 0. The third kappa shape index (κ3) is 5.36. The molecule has 4 N–H and O–H groups in total. The predicted molar refractivity (Wildman–Crippen MR) is 124 cm³/mol. The van der Waals surface area contributed by atoms with E-state index in [2.05, 4.69) is 28.8 Å².